The molecule has 0 unspecified atom stereocenters. The number of hydrogen-bond donors (Lipinski definition) is 2. The molecule has 0 aliphatic heterocycles. The molecule has 1 aromatic carbocycles. The summed E-state index contributed by atoms with van der Waals surface area (Å²) in [5, 5.41) is 3.54. The number of benzene rings is 1. The van der Waals surface area contributed by atoms with Crippen LogP contribution in [0.5, 0.6) is 0 Å². The fourth-order valence-corrected chi connectivity index (χ4v) is 2.37. The lowest BCUT2D eigenvalue weighted by Gasteiger charge is -2.33. The maximum atomic E-state index is 11.0. The average Bonchev–Trinajstić information content (AvgIpc) is 2.24. The Morgan fingerprint density at radius 1 is 1.47 bits per heavy atom. The highest BCUT2D eigenvalue weighted by Gasteiger charge is 2.24. The Labute approximate surface area is 102 Å². The molecule has 3 nitrogen and oxygen atoms in total. The molecule has 0 spiro atoms. The first-order valence-electron chi connectivity index (χ1n) is 6.19. The van der Waals surface area contributed by atoms with Gasteiger partial charge in [-0.2, -0.15) is 0 Å². The minimum atomic E-state index is -0.361. The van der Waals surface area contributed by atoms with E-state index in [1.807, 2.05) is 19.1 Å². The van der Waals surface area contributed by atoms with E-state index in [1.165, 1.54) is 18.4 Å². The number of hydrogen-bond acceptors (Lipinski definition) is 2. The molecule has 0 radical (unpaired) electrons. The second kappa shape index (κ2) is 4.88. The van der Waals surface area contributed by atoms with Gasteiger partial charge in [0.15, 0.2) is 0 Å². The molecule has 2 rings (SSSR count). The van der Waals surface area contributed by atoms with Gasteiger partial charge in [-0.25, -0.2) is 0 Å². The minimum Gasteiger partial charge on any atom is -0.366 e. The molecule has 17 heavy (non-hydrogen) atoms. The predicted octanol–water partition coefficient (Wildman–Crippen LogP) is 1.98. The summed E-state index contributed by atoms with van der Waals surface area (Å²) in [7, 11) is 0. The van der Waals surface area contributed by atoms with E-state index in [1.54, 1.807) is 6.07 Å². The summed E-state index contributed by atoms with van der Waals surface area (Å²) < 4.78 is 0. The summed E-state index contributed by atoms with van der Waals surface area (Å²) in [6, 6.07) is 6.32. The van der Waals surface area contributed by atoms with Crippen LogP contribution in [0.15, 0.2) is 18.2 Å². The lowest BCUT2D eigenvalue weighted by molar-refractivity contribution is 0.1000. The van der Waals surface area contributed by atoms with Crippen molar-refractivity contribution in [2.75, 3.05) is 0 Å². The molecule has 92 valence electrons. The van der Waals surface area contributed by atoms with Gasteiger partial charge in [0.2, 0.25) is 5.91 Å². The van der Waals surface area contributed by atoms with Crippen LogP contribution in [0, 0.1) is 12.8 Å². The summed E-state index contributed by atoms with van der Waals surface area (Å²) in [5.74, 6) is 0.506. The van der Waals surface area contributed by atoms with Gasteiger partial charge in [0, 0.05) is 18.2 Å². The smallest absolute Gasteiger partial charge is 0.248 e. The number of primary amides is 1. The Morgan fingerprint density at radius 3 is 2.71 bits per heavy atom. The molecule has 1 aliphatic carbocycles. The number of amides is 1. The van der Waals surface area contributed by atoms with Gasteiger partial charge in [0.05, 0.1) is 0 Å². The van der Waals surface area contributed by atoms with Crippen LogP contribution in [0.3, 0.4) is 0 Å². The SMILES string of the molecule is Cc1cc(C(N)=O)ccc1CNC1CC(C)C1. The summed E-state index contributed by atoms with van der Waals surface area (Å²) in [6.07, 6.45) is 2.55. The molecule has 1 aromatic rings. The van der Waals surface area contributed by atoms with Crippen LogP contribution in [-0.4, -0.2) is 11.9 Å². The van der Waals surface area contributed by atoms with Crippen LogP contribution in [0.25, 0.3) is 0 Å². The van der Waals surface area contributed by atoms with Crippen molar-refractivity contribution in [2.45, 2.75) is 39.3 Å². The van der Waals surface area contributed by atoms with Gasteiger partial charge in [-0.1, -0.05) is 13.0 Å². The fourth-order valence-electron chi connectivity index (χ4n) is 2.37. The first kappa shape index (κ1) is 12.1. The van der Waals surface area contributed by atoms with Crippen molar-refractivity contribution < 1.29 is 4.79 Å². The Balaban J connectivity index is 1.94. The van der Waals surface area contributed by atoms with Gasteiger partial charge >= 0.3 is 0 Å². The number of nitrogens with two attached hydrogens (primary N) is 1. The highest BCUT2D eigenvalue weighted by atomic mass is 16.1. The topological polar surface area (TPSA) is 55.1 Å². The lowest BCUT2D eigenvalue weighted by atomic mass is 9.82. The van der Waals surface area contributed by atoms with E-state index in [0.717, 1.165) is 18.0 Å². The van der Waals surface area contributed by atoms with E-state index >= 15 is 0 Å². The van der Waals surface area contributed by atoms with Gasteiger partial charge < -0.3 is 11.1 Å². The Kier molecular flexibility index (Phi) is 3.48. The molecule has 1 saturated carbocycles. The van der Waals surface area contributed by atoms with Crippen molar-refractivity contribution in [3.63, 3.8) is 0 Å². The Morgan fingerprint density at radius 2 is 2.18 bits per heavy atom. The molecule has 1 amide bonds. The molecule has 3 N–H and O–H groups in total. The molecule has 0 bridgehead atoms. The van der Waals surface area contributed by atoms with Crippen LogP contribution in [0.2, 0.25) is 0 Å². The zero-order valence-electron chi connectivity index (χ0n) is 10.5. The van der Waals surface area contributed by atoms with Crippen molar-refractivity contribution in [2.24, 2.45) is 11.7 Å². The zero-order chi connectivity index (χ0) is 12.4. The third kappa shape index (κ3) is 2.86. The van der Waals surface area contributed by atoms with E-state index in [2.05, 4.69) is 12.2 Å². The molecule has 0 atom stereocenters. The van der Waals surface area contributed by atoms with Crippen molar-refractivity contribution in [1.82, 2.24) is 5.32 Å². The van der Waals surface area contributed by atoms with Crippen LogP contribution in [0.4, 0.5) is 0 Å². The molecule has 1 aliphatic rings. The van der Waals surface area contributed by atoms with Crippen LogP contribution < -0.4 is 11.1 Å². The third-order valence-electron chi connectivity index (χ3n) is 3.58. The van der Waals surface area contributed by atoms with Gasteiger partial charge in [-0.15, -0.1) is 0 Å². The van der Waals surface area contributed by atoms with E-state index in [0.29, 0.717) is 11.6 Å². The van der Waals surface area contributed by atoms with Crippen LogP contribution >= 0.6 is 0 Å². The maximum Gasteiger partial charge on any atom is 0.248 e. The van der Waals surface area contributed by atoms with Gasteiger partial charge in [-0.05, 0) is 48.9 Å². The molecule has 0 saturated heterocycles. The molecular formula is C14H20N2O. The number of carbonyl (C=O) groups is 1. The molecule has 3 heteroatoms. The number of nitrogens with one attached hydrogen (secondary N) is 1. The van der Waals surface area contributed by atoms with Crippen molar-refractivity contribution in [3.8, 4) is 0 Å². The molecular weight excluding hydrogens is 212 g/mol. The molecule has 0 aromatic heterocycles. The molecule has 0 heterocycles. The van der Waals surface area contributed by atoms with Crippen molar-refractivity contribution in [1.29, 1.82) is 0 Å². The largest absolute Gasteiger partial charge is 0.366 e. The van der Waals surface area contributed by atoms with Gasteiger partial charge in [-0.3, -0.25) is 4.79 Å². The van der Waals surface area contributed by atoms with E-state index in [-0.39, 0.29) is 5.91 Å². The highest BCUT2D eigenvalue weighted by Crippen LogP contribution is 2.26. The van der Waals surface area contributed by atoms with E-state index in [4.69, 9.17) is 5.73 Å². The first-order chi connectivity index (χ1) is 8.06. The average molecular weight is 232 g/mol. The third-order valence-corrected chi connectivity index (χ3v) is 3.58. The predicted molar refractivity (Wildman–Crippen MR) is 68.7 cm³/mol. The van der Waals surface area contributed by atoms with Crippen molar-refractivity contribution >= 4 is 5.91 Å². The Hall–Kier alpha value is -1.35. The summed E-state index contributed by atoms with van der Waals surface area (Å²) >= 11 is 0. The summed E-state index contributed by atoms with van der Waals surface area (Å²) in [5.41, 5.74) is 8.20. The standard InChI is InChI=1S/C14H20N2O/c1-9-5-13(6-9)16-8-12-4-3-11(14(15)17)7-10(12)2/h3-4,7,9,13,16H,5-6,8H2,1-2H3,(H2,15,17). The fraction of sp³-hybridized carbons (Fsp3) is 0.500. The minimum absolute atomic E-state index is 0.361. The normalized spacial score (nSPS) is 23.2. The van der Waals surface area contributed by atoms with Crippen molar-refractivity contribution in [3.05, 3.63) is 34.9 Å². The highest BCUT2D eigenvalue weighted by molar-refractivity contribution is 5.93. The monoisotopic (exact) mass is 232 g/mol. The molecule has 1 fully saturated rings. The van der Waals surface area contributed by atoms with Gasteiger partial charge in [0.1, 0.15) is 0 Å². The number of aryl methyl sites for hydroxylation is 1. The zero-order valence-corrected chi connectivity index (χ0v) is 10.5. The summed E-state index contributed by atoms with van der Waals surface area (Å²) in [6.45, 7) is 5.18. The number of carbonyl (C=O) groups excluding carboxylic acids is 1. The second-order valence-electron chi connectivity index (χ2n) is 5.16. The number of rotatable bonds is 4. The van der Waals surface area contributed by atoms with E-state index < -0.39 is 0 Å². The second-order valence-corrected chi connectivity index (χ2v) is 5.16. The first-order valence-corrected chi connectivity index (χ1v) is 6.19. The summed E-state index contributed by atoms with van der Waals surface area (Å²) in [4.78, 5) is 11.0. The van der Waals surface area contributed by atoms with E-state index in [9.17, 15) is 4.79 Å². The quantitative estimate of drug-likeness (QED) is 0.834. The lowest BCUT2D eigenvalue weighted by Crippen LogP contribution is -2.39. The maximum absolute atomic E-state index is 11.0. The van der Waals surface area contributed by atoms with Gasteiger partial charge in [0.25, 0.3) is 0 Å². The Bertz CT molecular complexity index is 422. The van der Waals surface area contributed by atoms with Crippen LogP contribution in [0.1, 0.15) is 41.3 Å². The van der Waals surface area contributed by atoms with Crippen LogP contribution in [-0.2, 0) is 6.54 Å².